The molecule has 392 valence electrons. The van der Waals surface area contributed by atoms with Crippen molar-refractivity contribution in [3.05, 3.63) is 79.4 Å². The van der Waals surface area contributed by atoms with Gasteiger partial charge in [0.25, 0.3) is 5.82 Å². The third-order valence-corrected chi connectivity index (χ3v) is 13.4. The van der Waals surface area contributed by atoms with Gasteiger partial charge in [0.1, 0.15) is 25.5 Å². The summed E-state index contributed by atoms with van der Waals surface area (Å²) in [6.45, 7) is 16.2. The van der Waals surface area contributed by atoms with Crippen LogP contribution in [0.1, 0.15) is 278 Å². The van der Waals surface area contributed by atoms with Crippen LogP contribution in [0.4, 0.5) is 0 Å². The molecular formula is C60H111BrCl2N4. The smallest absolute Gasteiger partial charge is 0.253 e. The molecule has 0 bridgehead atoms. The Morgan fingerprint density at radius 1 is 0.313 bits per heavy atom. The van der Waals surface area contributed by atoms with Crippen LogP contribution in [0.3, 0.4) is 0 Å². The van der Waals surface area contributed by atoms with Crippen molar-refractivity contribution in [2.75, 3.05) is 0 Å². The molecule has 0 N–H and O–H groups in total. The number of unbranched alkanes of at least 4 members (excludes halogenated alkanes) is 34. The van der Waals surface area contributed by atoms with Gasteiger partial charge in [0, 0.05) is 44.0 Å². The minimum atomic E-state index is 0. The topological polar surface area (TPSA) is 16.6 Å². The SMILES string of the molecule is CCCCCCCCCCCCCCCC[n+]1ccccc1.CCCCCCCCCC[n+]1ccccc1.CCCCCCCCCCn1cc[n+](CCCCCCCCCC)c1C.[Br-].[Cl-].[Cl-]. The molecule has 0 aliphatic rings. The summed E-state index contributed by atoms with van der Waals surface area (Å²) in [7, 11) is 0. The van der Waals surface area contributed by atoms with E-state index in [9.17, 15) is 0 Å². The molecule has 0 aliphatic carbocycles. The van der Waals surface area contributed by atoms with Crippen molar-refractivity contribution in [2.24, 2.45) is 0 Å². The van der Waals surface area contributed by atoms with Gasteiger partial charge in [0.15, 0.2) is 24.8 Å². The predicted molar refractivity (Wildman–Crippen MR) is 281 cm³/mol. The largest absolute Gasteiger partial charge is 1.00 e. The highest BCUT2D eigenvalue weighted by molar-refractivity contribution is 4.84. The quantitative estimate of drug-likeness (QED) is 0.0399. The molecule has 0 spiro atoms. The zero-order chi connectivity index (χ0) is 46.1. The Kier molecular flexibility index (Phi) is 59.6. The molecule has 67 heavy (non-hydrogen) atoms. The van der Waals surface area contributed by atoms with E-state index in [0.29, 0.717) is 0 Å². The van der Waals surface area contributed by atoms with Crippen molar-refractivity contribution >= 4 is 0 Å². The normalized spacial score (nSPS) is 10.5. The van der Waals surface area contributed by atoms with E-state index < -0.39 is 0 Å². The van der Waals surface area contributed by atoms with Crippen molar-refractivity contribution < 1.29 is 55.5 Å². The molecule has 0 fully saturated rings. The van der Waals surface area contributed by atoms with Gasteiger partial charge < -0.3 is 41.8 Å². The van der Waals surface area contributed by atoms with Crippen LogP contribution in [-0.4, -0.2) is 4.57 Å². The van der Waals surface area contributed by atoms with Crippen molar-refractivity contribution in [3.63, 3.8) is 0 Å². The molecule has 3 aromatic rings. The van der Waals surface area contributed by atoms with E-state index in [-0.39, 0.29) is 41.8 Å². The van der Waals surface area contributed by atoms with Crippen molar-refractivity contribution in [1.29, 1.82) is 0 Å². The van der Waals surface area contributed by atoms with E-state index in [2.05, 4.69) is 126 Å². The van der Waals surface area contributed by atoms with Crippen molar-refractivity contribution in [2.45, 2.75) is 305 Å². The van der Waals surface area contributed by atoms with Crippen LogP contribution in [0.5, 0.6) is 0 Å². The van der Waals surface area contributed by atoms with Gasteiger partial charge >= 0.3 is 0 Å². The van der Waals surface area contributed by atoms with E-state index in [4.69, 9.17) is 0 Å². The summed E-state index contributed by atoms with van der Waals surface area (Å²) in [4.78, 5) is 0. The van der Waals surface area contributed by atoms with Crippen LogP contribution in [0, 0.1) is 6.92 Å². The fourth-order valence-electron chi connectivity index (χ4n) is 8.93. The van der Waals surface area contributed by atoms with Crippen LogP contribution in [0.25, 0.3) is 0 Å². The summed E-state index contributed by atoms with van der Waals surface area (Å²) >= 11 is 0. The lowest BCUT2D eigenvalue weighted by molar-refractivity contribution is -0.702. The lowest BCUT2D eigenvalue weighted by atomic mass is 10.0. The highest BCUT2D eigenvalue weighted by atomic mass is 79.9. The second kappa shape index (κ2) is 57.2. The summed E-state index contributed by atoms with van der Waals surface area (Å²) in [5.74, 6) is 1.44. The number of hydrogen-bond acceptors (Lipinski definition) is 0. The second-order valence-corrected chi connectivity index (χ2v) is 19.5. The van der Waals surface area contributed by atoms with E-state index in [1.165, 1.54) is 276 Å². The maximum absolute atomic E-state index is 2.46. The third-order valence-electron chi connectivity index (χ3n) is 13.4. The van der Waals surface area contributed by atoms with Gasteiger partial charge in [0.05, 0.1) is 13.1 Å². The molecule has 4 nitrogen and oxygen atoms in total. The summed E-state index contributed by atoms with van der Waals surface area (Å²) in [6.07, 6.45) is 67.0. The van der Waals surface area contributed by atoms with Gasteiger partial charge in [-0.1, -0.05) is 232 Å². The number of nitrogens with zero attached hydrogens (tertiary/aromatic N) is 4. The predicted octanol–water partition coefficient (Wildman–Crippen LogP) is 8.95. The Morgan fingerprint density at radius 2 is 0.567 bits per heavy atom. The molecular weight excluding hydrogens is 927 g/mol. The van der Waals surface area contributed by atoms with Crippen LogP contribution < -0.4 is 55.5 Å². The van der Waals surface area contributed by atoms with Crippen molar-refractivity contribution in [3.8, 4) is 0 Å². The highest BCUT2D eigenvalue weighted by Gasteiger charge is 2.11. The first-order valence-electron chi connectivity index (χ1n) is 28.6. The maximum Gasteiger partial charge on any atom is 0.253 e. The van der Waals surface area contributed by atoms with Gasteiger partial charge in [-0.15, -0.1) is 0 Å². The number of imidazole rings is 1. The lowest BCUT2D eigenvalue weighted by Crippen LogP contribution is -3.00. The van der Waals surface area contributed by atoms with Crippen molar-refractivity contribution in [1.82, 2.24) is 4.57 Å². The van der Waals surface area contributed by atoms with Crippen LogP contribution >= 0.6 is 0 Å². The molecule has 0 unspecified atom stereocenters. The van der Waals surface area contributed by atoms with E-state index in [1.54, 1.807) is 0 Å². The zero-order valence-corrected chi connectivity index (χ0v) is 48.1. The molecule has 0 amide bonds. The lowest BCUT2D eigenvalue weighted by Gasteiger charge is -2.03. The molecule has 3 rings (SSSR count). The van der Waals surface area contributed by atoms with Gasteiger partial charge in [-0.25, -0.2) is 18.3 Å². The van der Waals surface area contributed by atoms with Crippen LogP contribution in [-0.2, 0) is 26.2 Å². The number of hydrogen-bond donors (Lipinski definition) is 0. The summed E-state index contributed by atoms with van der Waals surface area (Å²) < 4.78 is 9.49. The number of halogens is 3. The fourth-order valence-corrected chi connectivity index (χ4v) is 8.93. The molecule has 0 aliphatic heterocycles. The molecule has 3 aromatic heterocycles. The third kappa shape index (κ3) is 46.7. The molecule has 0 aromatic carbocycles. The average molecular weight is 1040 g/mol. The maximum atomic E-state index is 2.46. The molecule has 0 saturated carbocycles. The Hall–Kier alpha value is -1.43. The summed E-state index contributed by atoms with van der Waals surface area (Å²) in [5, 5.41) is 0. The zero-order valence-electron chi connectivity index (χ0n) is 45.0. The minimum absolute atomic E-state index is 0. The molecule has 3 heterocycles. The van der Waals surface area contributed by atoms with E-state index in [1.807, 2.05) is 0 Å². The van der Waals surface area contributed by atoms with Gasteiger partial charge in [0.2, 0.25) is 0 Å². The first kappa shape index (κ1) is 69.8. The molecule has 0 atom stereocenters. The number of aryl methyl sites for hydroxylation is 4. The molecule has 0 saturated heterocycles. The van der Waals surface area contributed by atoms with Gasteiger partial charge in [-0.3, -0.25) is 0 Å². The molecule has 7 heteroatoms. The Balaban J connectivity index is -0.000000920. The Morgan fingerprint density at radius 3 is 0.866 bits per heavy atom. The van der Waals surface area contributed by atoms with Crippen LogP contribution in [0.15, 0.2) is 73.6 Å². The number of aromatic nitrogens is 4. The monoisotopic (exact) mass is 1040 g/mol. The Labute approximate surface area is 441 Å². The first-order chi connectivity index (χ1) is 31.7. The highest BCUT2D eigenvalue weighted by Crippen LogP contribution is 2.14. The second-order valence-electron chi connectivity index (χ2n) is 19.5. The minimum Gasteiger partial charge on any atom is -1.00 e. The average Bonchev–Trinajstić information content (AvgIpc) is 3.68. The Bertz CT molecular complexity index is 1290. The number of pyridine rings is 2. The summed E-state index contributed by atoms with van der Waals surface area (Å²) in [6, 6.07) is 12.6. The van der Waals surface area contributed by atoms with Gasteiger partial charge in [-0.05, 0) is 38.5 Å². The fraction of sp³-hybridized carbons (Fsp3) is 0.783. The van der Waals surface area contributed by atoms with Crippen LogP contribution in [0.2, 0.25) is 0 Å². The molecule has 0 radical (unpaired) electrons. The van der Waals surface area contributed by atoms with E-state index in [0.717, 1.165) is 0 Å². The summed E-state index contributed by atoms with van der Waals surface area (Å²) in [5.41, 5.74) is 0. The first-order valence-corrected chi connectivity index (χ1v) is 28.6. The number of rotatable bonds is 42. The van der Waals surface area contributed by atoms with Gasteiger partial charge in [-0.2, -0.15) is 0 Å². The van der Waals surface area contributed by atoms with E-state index >= 15 is 0 Å². The standard InChI is InChI=1S/C24H47N2.C21H38N.C15H26N.BrH.2ClH/c1-4-6-8-10-12-14-16-18-20-25-22-23-26(24(25)3)21-19-17-15-13-11-9-7-5-2;1-2-3-4-5-6-7-8-9-10-11-12-13-14-16-19-22-20-17-15-18-21-22;1-2-3-4-5-6-7-8-10-13-16-14-11-9-12-15-16;;;/h22-23H,4-21H2,1-3H3;15,17-18,20-21H,2-14,16,19H2,1H3;9,11-12,14-15H,2-8,10,13H2,1H3;3*1H/q3*+1;;;/p-3.